The number of benzene rings is 1. The molecule has 0 radical (unpaired) electrons. The van der Waals surface area contributed by atoms with Crippen LogP contribution in [0.15, 0.2) is 37.1 Å². The Morgan fingerprint density at radius 1 is 1.54 bits per heavy atom. The van der Waals surface area contributed by atoms with Crippen LogP contribution in [0.25, 0.3) is 10.9 Å². The highest BCUT2D eigenvalue weighted by molar-refractivity contribution is 5.90. The second-order valence-electron chi connectivity index (χ2n) is 7.36. The second-order valence-corrected chi connectivity index (χ2v) is 7.36. The van der Waals surface area contributed by atoms with Gasteiger partial charge in [0.05, 0.1) is 12.6 Å². The van der Waals surface area contributed by atoms with Crippen LogP contribution in [0.4, 0.5) is 0 Å². The van der Waals surface area contributed by atoms with Crippen LogP contribution in [0.3, 0.4) is 0 Å². The van der Waals surface area contributed by atoms with E-state index in [1.807, 2.05) is 6.08 Å². The van der Waals surface area contributed by atoms with Gasteiger partial charge in [-0.1, -0.05) is 38.0 Å². The molecule has 4 heteroatoms. The SMILES string of the molecule is C#CCNC(=O)[C@@H]1Cc2cn(CC=C)c3cccc(c23)[C@H](CC(C)C)N1. The van der Waals surface area contributed by atoms with Gasteiger partial charge in [0.2, 0.25) is 5.91 Å². The number of carbonyl (C=O) groups excluding carboxylic acids is 1. The van der Waals surface area contributed by atoms with Gasteiger partial charge in [-0.2, -0.15) is 0 Å². The Morgan fingerprint density at radius 3 is 3.04 bits per heavy atom. The molecular formula is C22H27N3O. The molecule has 0 fully saturated rings. The van der Waals surface area contributed by atoms with E-state index in [9.17, 15) is 4.79 Å². The summed E-state index contributed by atoms with van der Waals surface area (Å²) in [4.78, 5) is 12.7. The summed E-state index contributed by atoms with van der Waals surface area (Å²) in [6.07, 6.45) is 11.0. The Bertz CT molecular complexity index is 856. The molecule has 1 aliphatic heterocycles. The summed E-state index contributed by atoms with van der Waals surface area (Å²) in [6, 6.07) is 6.29. The first-order valence-corrected chi connectivity index (χ1v) is 9.23. The maximum absolute atomic E-state index is 12.7. The zero-order chi connectivity index (χ0) is 18.7. The smallest absolute Gasteiger partial charge is 0.238 e. The van der Waals surface area contributed by atoms with Crippen LogP contribution in [-0.4, -0.2) is 23.1 Å². The number of terminal acetylenes is 1. The highest BCUT2D eigenvalue weighted by Gasteiger charge is 2.30. The van der Waals surface area contributed by atoms with Crippen LogP contribution < -0.4 is 10.6 Å². The Hall–Kier alpha value is -2.51. The number of rotatable bonds is 6. The van der Waals surface area contributed by atoms with Crippen molar-refractivity contribution in [2.45, 2.75) is 45.3 Å². The van der Waals surface area contributed by atoms with E-state index >= 15 is 0 Å². The third-order valence-electron chi connectivity index (χ3n) is 4.93. The molecule has 4 nitrogen and oxygen atoms in total. The highest BCUT2D eigenvalue weighted by Crippen LogP contribution is 2.35. The molecular weight excluding hydrogens is 322 g/mol. The molecule has 26 heavy (non-hydrogen) atoms. The lowest BCUT2D eigenvalue weighted by Gasteiger charge is -2.25. The van der Waals surface area contributed by atoms with Crippen LogP contribution in [0, 0.1) is 18.3 Å². The maximum atomic E-state index is 12.7. The summed E-state index contributed by atoms with van der Waals surface area (Å²) >= 11 is 0. The summed E-state index contributed by atoms with van der Waals surface area (Å²) in [6.45, 7) is 9.31. The quantitative estimate of drug-likeness (QED) is 0.621. The van der Waals surface area contributed by atoms with Crippen molar-refractivity contribution in [1.29, 1.82) is 0 Å². The molecule has 2 atom stereocenters. The van der Waals surface area contributed by atoms with Gasteiger partial charge in [-0.15, -0.1) is 13.0 Å². The van der Waals surface area contributed by atoms with Gasteiger partial charge in [0.25, 0.3) is 0 Å². The van der Waals surface area contributed by atoms with Gasteiger partial charge >= 0.3 is 0 Å². The van der Waals surface area contributed by atoms with Gasteiger partial charge < -0.3 is 9.88 Å². The lowest BCUT2D eigenvalue weighted by atomic mass is 9.94. The first kappa shape index (κ1) is 18.3. The van der Waals surface area contributed by atoms with Gasteiger partial charge in [-0.25, -0.2) is 0 Å². The van der Waals surface area contributed by atoms with Gasteiger partial charge in [0, 0.05) is 29.7 Å². The molecule has 1 aromatic heterocycles. The minimum Gasteiger partial charge on any atom is -0.344 e. The zero-order valence-corrected chi connectivity index (χ0v) is 15.6. The number of carbonyl (C=O) groups is 1. The highest BCUT2D eigenvalue weighted by atomic mass is 16.2. The van der Waals surface area contributed by atoms with Crippen LogP contribution >= 0.6 is 0 Å². The Labute approximate surface area is 155 Å². The summed E-state index contributed by atoms with van der Waals surface area (Å²) in [5.74, 6) is 2.97. The van der Waals surface area contributed by atoms with Gasteiger partial charge in [0.1, 0.15) is 0 Å². The summed E-state index contributed by atoms with van der Waals surface area (Å²) in [5.41, 5.74) is 3.69. The van der Waals surface area contributed by atoms with E-state index < -0.39 is 0 Å². The zero-order valence-electron chi connectivity index (χ0n) is 15.6. The van der Waals surface area contributed by atoms with Crippen molar-refractivity contribution in [3.63, 3.8) is 0 Å². The molecule has 0 aliphatic carbocycles. The first-order chi connectivity index (χ1) is 12.5. The normalized spacial score (nSPS) is 19.2. The molecule has 3 rings (SSSR count). The number of allylic oxidation sites excluding steroid dienone is 1. The van der Waals surface area contributed by atoms with E-state index in [0.29, 0.717) is 12.3 Å². The molecule has 2 aromatic rings. The Morgan fingerprint density at radius 2 is 2.35 bits per heavy atom. The molecule has 1 aliphatic rings. The number of hydrogen-bond acceptors (Lipinski definition) is 2. The fourth-order valence-corrected chi connectivity index (χ4v) is 3.91. The van der Waals surface area contributed by atoms with Crippen molar-refractivity contribution in [3.8, 4) is 12.3 Å². The van der Waals surface area contributed by atoms with Crippen LogP contribution in [-0.2, 0) is 17.8 Å². The summed E-state index contributed by atoms with van der Waals surface area (Å²) in [7, 11) is 0. The Balaban J connectivity index is 2.07. The number of hydrogen-bond donors (Lipinski definition) is 2. The minimum absolute atomic E-state index is 0.0332. The van der Waals surface area contributed by atoms with E-state index in [-0.39, 0.29) is 24.5 Å². The van der Waals surface area contributed by atoms with E-state index in [0.717, 1.165) is 13.0 Å². The van der Waals surface area contributed by atoms with Crippen molar-refractivity contribution >= 4 is 16.8 Å². The molecule has 1 aromatic carbocycles. The first-order valence-electron chi connectivity index (χ1n) is 9.23. The van der Waals surface area contributed by atoms with Crippen molar-refractivity contribution < 1.29 is 4.79 Å². The fraction of sp³-hybridized carbons (Fsp3) is 0.409. The van der Waals surface area contributed by atoms with Crippen molar-refractivity contribution in [2.75, 3.05) is 6.54 Å². The Kier molecular flexibility index (Phi) is 5.49. The average Bonchev–Trinajstić information content (AvgIpc) is 2.87. The molecule has 2 N–H and O–H groups in total. The molecule has 1 amide bonds. The van der Waals surface area contributed by atoms with Gasteiger partial charge in [-0.05, 0) is 36.0 Å². The standard InChI is InChI=1S/C22H27N3O/c1-5-10-23-22(26)19-13-16-14-25(11-6-2)20-9-7-8-17(21(16)20)18(24-19)12-15(3)4/h1,6-9,14-15,18-19,24H,2,10-13H2,3-4H3,(H,23,26)/t18-,19-/m0/s1. The number of nitrogens with zero attached hydrogens (tertiary/aromatic N) is 1. The molecule has 0 saturated carbocycles. The van der Waals surface area contributed by atoms with E-state index in [1.54, 1.807) is 0 Å². The van der Waals surface area contributed by atoms with Crippen molar-refractivity contribution in [1.82, 2.24) is 15.2 Å². The second kappa shape index (κ2) is 7.80. The largest absolute Gasteiger partial charge is 0.344 e. The van der Waals surface area contributed by atoms with Gasteiger partial charge in [0.15, 0.2) is 0 Å². The number of aromatic nitrogens is 1. The molecule has 2 heterocycles. The molecule has 0 saturated heterocycles. The minimum atomic E-state index is -0.290. The topological polar surface area (TPSA) is 46.1 Å². The van der Waals surface area contributed by atoms with E-state index in [1.165, 1.54) is 22.0 Å². The third kappa shape index (κ3) is 3.54. The van der Waals surface area contributed by atoms with Crippen molar-refractivity contribution in [2.24, 2.45) is 5.92 Å². The maximum Gasteiger partial charge on any atom is 0.238 e. The average molecular weight is 349 g/mol. The van der Waals surface area contributed by atoms with E-state index in [4.69, 9.17) is 6.42 Å². The van der Waals surface area contributed by atoms with E-state index in [2.05, 4.69) is 65.9 Å². The predicted molar refractivity (Wildman–Crippen MR) is 107 cm³/mol. The monoisotopic (exact) mass is 349 g/mol. The van der Waals surface area contributed by atoms with Crippen LogP contribution in [0.1, 0.15) is 37.4 Å². The lowest BCUT2D eigenvalue weighted by molar-refractivity contribution is -0.123. The third-order valence-corrected chi connectivity index (χ3v) is 4.93. The van der Waals surface area contributed by atoms with Crippen molar-refractivity contribution in [3.05, 3.63) is 48.2 Å². The van der Waals surface area contributed by atoms with Crippen LogP contribution in [0.2, 0.25) is 0 Å². The number of nitrogens with one attached hydrogen (secondary N) is 2. The summed E-state index contributed by atoms with van der Waals surface area (Å²) in [5, 5.41) is 7.70. The fourth-order valence-electron chi connectivity index (χ4n) is 3.91. The van der Waals surface area contributed by atoms with Gasteiger partial charge in [-0.3, -0.25) is 10.1 Å². The molecule has 0 unspecified atom stereocenters. The molecule has 136 valence electrons. The lowest BCUT2D eigenvalue weighted by Crippen LogP contribution is -2.46. The predicted octanol–water partition coefficient (Wildman–Crippen LogP) is 3.18. The molecule has 0 bridgehead atoms. The van der Waals surface area contributed by atoms with Crippen LogP contribution in [0.5, 0.6) is 0 Å². The molecule has 0 spiro atoms. The number of amides is 1. The summed E-state index contributed by atoms with van der Waals surface area (Å²) < 4.78 is 2.22.